The van der Waals surface area contributed by atoms with E-state index in [4.69, 9.17) is 10.5 Å². The van der Waals surface area contributed by atoms with Gasteiger partial charge >= 0.3 is 0 Å². The van der Waals surface area contributed by atoms with Gasteiger partial charge in [0.05, 0.1) is 13.2 Å². The van der Waals surface area contributed by atoms with Crippen molar-refractivity contribution in [2.24, 2.45) is 11.7 Å². The Bertz CT molecular complexity index is 452. The number of benzene rings is 1. The molecule has 0 fully saturated rings. The van der Waals surface area contributed by atoms with E-state index in [-0.39, 0.29) is 11.3 Å². The van der Waals surface area contributed by atoms with Gasteiger partial charge in [0, 0.05) is 12.0 Å². The molecule has 1 atom stereocenters. The van der Waals surface area contributed by atoms with Crippen molar-refractivity contribution in [3.63, 3.8) is 0 Å². The van der Waals surface area contributed by atoms with Crippen LogP contribution in [0, 0.1) is 5.92 Å². The number of ether oxygens (including phenoxy) is 1. The molecule has 118 valence electrons. The fraction of sp³-hybridized carbons (Fsp3) is 0.588. The summed E-state index contributed by atoms with van der Waals surface area (Å²) in [4.78, 5) is 12.0. The van der Waals surface area contributed by atoms with Crippen LogP contribution in [0.4, 0.5) is 0 Å². The van der Waals surface area contributed by atoms with Crippen molar-refractivity contribution in [3.05, 3.63) is 29.8 Å². The summed E-state index contributed by atoms with van der Waals surface area (Å²) in [5.74, 6) is 1.17. The summed E-state index contributed by atoms with van der Waals surface area (Å²) >= 11 is 0. The number of carbonyl (C=O) groups excluding carboxylic acids is 1. The Hall–Kier alpha value is -1.55. The lowest BCUT2D eigenvalue weighted by molar-refractivity contribution is -0.122. The molecule has 0 aromatic heterocycles. The summed E-state index contributed by atoms with van der Waals surface area (Å²) in [5, 5.41) is 2.96. The third-order valence-corrected chi connectivity index (χ3v) is 3.64. The summed E-state index contributed by atoms with van der Waals surface area (Å²) < 4.78 is 5.16. The van der Waals surface area contributed by atoms with E-state index in [9.17, 15) is 4.79 Å². The molecule has 0 heterocycles. The molecule has 0 aliphatic carbocycles. The monoisotopic (exact) mass is 292 g/mol. The molecule has 0 saturated carbocycles. The molecular formula is C17H28N2O2. The van der Waals surface area contributed by atoms with E-state index in [1.165, 1.54) is 0 Å². The second-order valence-corrected chi connectivity index (χ2v) is 6.57. The molecule has 1 amide bonds. The molecule has 1 rings (SSSR count). The predicted octanol–water partition coefficient (Wildman–Crippen LogP) is 2.46. The Labute approximate surface area is 128 Å². The van der Waals surface area contributed by atoms with Crippen molar-refractivity contribution in [2.75, 3.05) is 13.7 Å². The van der Waals surface area contributed by atoms with Crippen molar-refractivity contribution in [3.8, 4) is 5.75 Å². The van der Waals surface area contributed by atoms with Crippen LogP contribution in [0.25, 0.3) is 0 Å². The largest absolute Gasteiger partial charge is 0.497 e. The van der Waals surface area contributed by atoms with Gasteiger partial charge in [-0.1, -0.05) is 39.8 Å². The minimum Gasteiger partial charge on any atom is -0.497 e. The molecule has 0 unspecified atom stereocenters. The standard InChI is InChI=1S/C17H28N2O2/c1-12(2)10-15(18)16(20)19-11-17(3,4)13-6-8-14(21-5)9-7-13/h6-9,12,15H,10-11,18H2,1-5H3,(H,19,20)/t15-/m0/s1. The van der Waals surface area contributed by atoms with Crippen LogP contribution in [0.2, 0.25) is 0 Å². The Balaban J connectivity index is 2.61. The highest BCUT2D eigenvalue weighted by molar-refractivity contribution is 5.81. The van der Waals surface area contributed by atoms with Gasteiger partial charge in [-0.15, -0.1) is 0 Å². The molecule has 1 aromatic rings. The topological polar surface area (TPSA) is 64.3 Å². The molecule has 4 nitrogen and oxygen atoms in total. The summed E-state index contributed by atoms with van der Waals surface area (Å²) in [6, 6.07) is 7.49. The van der Waals surface area contributed by atoms with Gasteiger partial charge in [-0.05, 0) is 30.0 Å². The lowest BCUT2D eigenvalue weighted by atomic mass is 9.84. The normalized spacial score (nSPS) is 13.1. The number of methoxy groups -OCH3 is 1. The van der Waals surface area contributed by atoms with E-state index >= 15 is 0 Å². The van der Waals surface area contributed by atoms with Gasteiger partial charge in [0.1, 0.15) is 5.75 Å². The van der Waals surface area contributed by atoms with E-state index in [0.717, 1.165) is 11.3 Å². The van der Waals surface area contributed by atoms with Crippen molar-refractivity contribution < 1.29 is 9.53 Å². The molecule has 0 radical (unpaired) electrons. The number of nitrogens with two attached hydrogens (primary N) is 1. The molecule has 0 bridgehead atoms. The molecule has 3 N–H and O–H groups in total. The second kappa shape index (κ2) is 7.46. The van der Waals surface area contributed by atoms with Gasteiger partial charge in [0.15, 0.2) is 0 Å². The highest BCUT2D eigenvalue weighted by Crippen LogP contribution is 2.24. The predicted molar refractivity (Wildman–Crippen MR) is 86.5 cm³/mol. The fourth-order valence-electron chi connectivity index (χ4n) is 2.20. The number of hydrogen-bond donors (Lipinski definition) is 2. The average molecular weight is 292 g/mol. The first-order chi connectivity index (χ1) is 9.76. The summed E-state index contributed by atoms with van der Waals surface area (Å²) in [5.41, 5.74) is 6.90. The summed E-state index contributed by atoms with van der Waals surface area (Å²) in [6.07, 6.45) is 0.703. The molecular weight excluding hydrogens is 264 g/mol. The summed E-state index contributed by atoms with van der Waals surface area (Å²) in [6.45, 7) is 8.89. The van der Waals surface area contributed by atoms with Crippen LogP contribution in [0.3, 0.4) is 0 Å². The average Bonchev–Trinajstić information content (AvgIpc) is 2.44. The SMILES string of the molecule is COc1ccc(C(C)(C)CNC(=O)[C@@H](N)CC(C)C)cc1. The lowest BCUT2D eigenvalue weighted by Crippen LogP contribution is -2.45. The van der Waals surface area contributed by atoms with Crippen LogP contribution in [-0.2, 0) is 10.2 Å². The van der Waals surface area contributed by atoms with Crippen molar-refractivity contribution in [2.45, 2.75) is 45.6 Å². The van der Waals surface area contributed by atoms with E-state index in [0.29, 0.717) is 18.9 Å². The quantitative estimate of drug-likeness (QED) is 0.811. The maximum atomic E-state index is 12.0. The zero-order chi connectivity index (χ0) is 16.0. The Morgan fingerprint density at radius 2 is 1.86 bits per heavy atom. The zero-order valence-corrected chi connectivity index (χ0v) is 13.8. The maximum absolute atomic E-state index is 12.0. The van der Waals surface area contributed by atoms with Gasteiger partial charge in [-0.3, -0.25) is 4.79 Å². The maximum Gasteiger partial charge on any atom is 0.236 e. The number of nitrogens with one attached hydrogen (secondary N) is 1. The Kier molecular flexibility index (Phi) is 6.21. The smallest absolute Gasteiger partial charge is 0.236 e. The molecule has 0 saturated heterocycles. The third-order valence-electron chi connectivity index (χ3n) is 3.64. The number of hydrogen-bond acceptors (Lipinski definition) is 3. The first-order valence-electron chi connectivity index (χ1n) is 7.44. The Morgan fingerprint density at radius 1 is 1.29 bits per heavy atom. The Morgan fingerprint density at radius 3 is 2.33 bits per heavy atom. The van der Waals surface area contributed by atoms with Crippen molar-refractivity contribution >= 4 is 5.91 Å². The van der Waals surface area contributed by atoms with E-state index in [1.807, 2.05) is 24.3 Å². The minimum atomic E-state index is -0.434. The summed E-state index contributed by atoms with van der Waals surface area (Å²) in [7, 11) is 1.65. The molecule has 0 spiro atoms. The molecule has 4 heteroatoms. The second-order valence-electron chi connectivity index (χ2n) is 6.57. The fourth-order valence-corrected chi connectivity index (χ4v) is 2.20. The van der Waals surface area contributed by atoms with Crippen molar-refractivity contribution in [1.29, 1.82) is 0 Å². The van der Waals surface area contributed by atoms with Crippen LogP contribution < -0.4 is 15.8 Å². The van der Waals surface area contributed by atoms with Crippen LogP contribution in [0.15, 0.2) is 24.3 Å². The highest BCUT2D eigenvalue weighted by Gasteiger charge is 2.23. The molecule has 0 aliphatic rings. The van der Waals surface area contributed by atoms with E-state index < -0.39 is 6.04 Å². The minimum absolute atomic E-state index is 0.0784. The van der Waals surface area contributed by atoms with Gasteiger partial charge in [-0.25, -0.2) is 0 Å². The zero-order valence-electron chi connectivity index (χ0n) is 13.8. The number of carbonyl (C=O) groups is 1. The molecule has 1 aromatic carbocycles. The van der Waals surface area contributed by atoms with Gasteiger partial charge in [0.25, 0.3) is 0 Å². The van der Waals surface area contributed by atoms with Crippen LogP contribution in [0.1, 0.15) is 39.7 Å². The van der Waals surface area contributed by atoms with E-state index in [1.54, 1.807) is 7.11 Å². The van der Waals surface area contributed by atoms with E-state index in [2.05, 4.69) is 33.0 Å². The molecule has 21 heavy (non-hydrogen) atoms. The van der Waals surface area contributed by atoms with Crippen LogP contribution in [-0.4, -0.2) is 25.6 Å². The molecule has 0 aliphatic heterocycles. The highest BCUT2D eigenvalue weighted by atomic mass is 16.5. The third kappa shape index (κ3) is 5.38. The van der Waals surface area contributed by atoms with Crippen molar-refractivity contribution in [1.82, 2.24) is 5.32 Å². The first-order valence-corrected chi connectivity index (χ1v) is 7.44. The first kappa shape index (κ1) is 17.5. The van der Waals surface area contributed by atoms with Gasteiger partial charge < -0.3 is 15.8 Å². The van der Waals surface area contributed by atoms with Gasteiger partial charge in [-0.2, -0.15) is 0 Å². The van der Waals surface area contributed by atoms with Gasteiger partial charge in [0.2, 0.25) is 5.91 Å². The number of rotatable bonds is 7. The van der Waals surface area contributed by atoms with Crippen LogP contribution >= 0.6 is 0 Å². The van der Waals surface area contributed by atoms with Crippen LogP contribution in [0.5, 0.6) is 5.75 Å². The lowest BCUT2D eigenvalue weighted by Gasteiger charge is -2.27. The number of amides is 1.